The smallest absolute Gasteiger partial charge is 0.220 e. The van der Waals surface area contributed by atoms with Crippen LogP contribution < -0.4 is 10.6 Å². The van der Waals surface area contributed by atoms with E-state index in [-0.39, 0.29) is 5.91 Å². The summed E-state index contributed by atoms with van der Waals surface area (Å²) in [6.07, 6.45) is 6.27. The molecule has 3 nitrogen and oxygen atoms in total. The van der Waals surface area contributed by atoms with Gasteiger partial charge >= 0.3 is 0 Å². The second-order valence-corrected chi connectivity index (χ2v) is 6.11. The standard InChI is InChI=1S/C14H26N2O/c1-10(8-15-2)9-16-14(17)7-13-6-11-3-4-12(13)5-11/h10-13,15H,3-9H2,1-2H3,(H,16,17). The maximum atomic E-state index is 11.9. The molecule has 1 amide bonds. The molecule has 2 aliphatic carbocycles. The second-order valence-electron chi connectivity index (χ2n) is 6.11. The SMILES string of the molecule is CNCC(C)CNC(=O)CC1CC2CCC1C2. The number of nitrogens with one attached hydrogen (secondary N) is 2. The summed E-state index contributed by atoms with van der Waals surface area (Å²) in [4.78, 5) is 11.9. The average molecular weight is 238 g/mol. The van der Waals surface area contributed by atoms with Gasteiger partial charge in [-0.15, -0.1) is 0 Å². The van der Waals surface area contributed by atoms with Crippen molar-refractivity contribution in [3.05, 3.63) is 0 Å². The Kier molecular flexibility index (Phi) is 4.43. The molecule has 2 bridgehead atoms. The Hall–Kier alpha value is -0.570. The van der Waals surface area contributed by atoms with Crippen molar-refractivity contribution in [2.24, 2.45) is 23.7 Å². The third-order valence-electron chi connectivity index (χ3n) is 4.53. The molecule has 2 rings (SSSR count). The monoisotopic (exact) mass is 238 g/mol. The van der Waals surface area contributed by atoms with Crippen LogP contribution in [0.2, 0.25) is 0 Å². The summed E-state index contributed by atoms with van der Waals surface area (Å²) in [7, 11) is 1.95. The quantitative estimate of drug-likeness (QED) is 0.740. The molecule has 0 aromatic rings. The van der Waals surface area contributed by atoms with Crippen LogP contribution >= 0.6 is 0 Å². The van der Waals surface area contributed by atoms with E-state index in [4.69, 9.17) is 0 Å². The van der Waals surface area contributed by atoms with Gasteiger partial charge in [-0.1, -0.05) is 13.3 Å². The van der Waals surface area contributed by atoms with E-state index in [1.54, 1.807) is 0 Å². The third-order valence-corrected chi connectivity index (χ3v) is 4.53. The van der Waals surface area contributed by atoms with E-state index in [9.17, 15) is 4.79 Å². The highest BCUT2D eigenvalue weighted by Gasteiger charge is 2.39. The first kappa shape index (κ1) is 12.9. The molecule has 0 heterocycles. The van der Waals surface area contributed by atoms with Crippen LogP contribution in [0.5, 0.6) is 0 Å². The highest BCUT2D eigenvalue weighted by molar-refractivity contribution is 5.76. The van der Waals surface area contributed by atoms with Gasteiger partial charge in [0.05, 0.1) is 0 Å². The van der Waals surface area contributed by atoms with Gasteiger partial charge in [0, 0.05) is 13.0 Å². The van der Waals surface area contributed by atoms with E-state index in [1.807, 2.05) is 7.05 Å². The number of rotatable bonds is 6. The van der Waals surface area contributed by atoms with E-state index >= 15 is 0 Å². The fourth-order valence-electron chi connectivity index (χ4n) is 3.65. The van der Waals surface area contributed by atoms with E-state index in [0.29, 0.717) is 11.8 Å². The van der Waals surface area contributed by atoms with Gasteiger partial charge in [0.25, 0.3) is 0 Å². The van der Waals surface area contributed by atoms with E-state index in [0.717, 1.165) is 31.3 Å². The van der Waals surface area contributed by atoms with Crippen LogP contribution in [-0.2, 0) is 4.79 Å². The normalized spacial score (nSPS) is 32.7. The predicted octanol–water partition coefficient (Wildman–Crippen LogP) is 1.78. The highest BCUT2D eigenvalue weighted by Crippen LogP contribution is 2.49. The molecule has 0 radical (unpaired) electrons. The van der Waals surface area contributed by atoms with Crippen LogP contribution in [0.15, 0.2) is 0 Å². The Morgan fingerprint density at radius 3 is 2.71 bits per heavy atom. The fourth-order valence-corrected chi connectivity index (χ4v) is 3.65. The lowest BCUT2D eigenvalue weighted by molar-refractivity contribution is -0.122. The first-order valence-corrected chi connectivity index (χ1v) is 7.10. The molecule has 98 valence electrons. The van der Waals surface area contributed by atoms with Crippen molar-refractivity contribution in [1.29, 1.82) is 0 Å². The molecular weight excluding hydrogens is 212 g/mol. The van der Waals surface area contributed by atoms with Crippen LogP contribution in [0.3, 0.4) is 0 Å². The molecule has 0 aromatic carbocycles. The van der Waals surface area contributed by atoms with E-state index in [1.165, 1.54) is 25.7 Å². The summed E-state index contributed by atoms with van der Waals surface area (Å²) in [5, 5.41) is 6.21. The van der Waals surface area contributed by atoms with Gasteiger partial charge in [-0.3, -0.25) is 4.79 Å². The zero-order valence-electron chi connectivity index (χ0n) is 11.2. The molecule has 0 aliphatic heterocycles. The van der Waals surface area contributed by atoms with Gasteiger partial charge < -0.3 is 10.6 Å². The van der Waals surface area contributed by atoms with Crippen molar-refractivity contribution in [2.75, 3.05) is 20.1 Å². The minimum atomic E-state index is 0.269. The maximum absolute atomic E-state index is 11.9. The molecule has 0 spiro atoms. The zero-order valence-corrected chi connectivity index (χ0v) is 11.2. The van der Waals surface area contributed by atoms with Gasteiger partial charge in [0.1, 0.15) is 0 Å². The average Bonchev–Trinajstić information content (AvgIpc) is 2.88. The summed E-state index contributed by atoms with van der Waals surface area (Å²) in [6.45, 7) is 3.93. The molecule has 2 saturated carbocycles. The molecule has 3 heteroatoms. The van der Waals surface area contributed by atoms with Crippen LogP contribution in [-0.4, -0.2) is 26.0 Å². The van der Waals surface area contributed by atoms with Gasteiger partial charge in [-0.25, -0.2) is 0 Å². The van der Waals surface area contributed by atoms with Gasteiger partial charge in [-0.05, 0) is 56.5 Å². The van der Waals surface area contributed by atoms with Crippen molar-refractivity contribution < 1.29 is 4.79 Å². The number of carbonyl (C=O) groups excluding carboxylic acids is 1. The number of hydrogen-bond acceptors (Lipinski definition) is 2. The van der Waals surface area contributed by atoms with Crippen molar-refractivity contribution in [3.8, 4) is 0 Å². The zero-order chi connectivity index (χ0) is 12.3. The Labute approximate surface area is 105 Å². The molecule has 0 saturated heterocycles. The molecule has 2 N–H and O–H groups in total. The number of carbonyl (C=O) groups is 1. The Balaban J connectivity index is 1.64. The molecule has 4 unspecified atom stereocenters. The minimum Gasteiger partial charge on any atom is -0.356 e. The van der Waals surface area contributed by atoms with Gasteiger partial charge in [0.2, 0.25) is 5.91 Å². The first-order valence-electron chi connectivity index (χ1n) is 7.10. The van der Waals surface area contributed by atoms with E-state index in [2.05, 4.69) is 17.6 Å². The fraction of sp³-hybridized carbons (Fsp3) is 0.929. The van der Waals surface area contributed by atoms with Crippen molar-refractivity contribution >= 4 is 5.91 Å². The van der Waals surface area contributed by atoms with Gasteiger partial charge in [-0.2, -0.15) is 0 Å². The predicted molar refractivity (Wildman–Crippen MR) is 69.7 cm³/mol. The molecular formula is C14H26N2O. The molecule has 4 atom stereocenters. The molecule has 0 aromatic heterocycles. The summed E-state index contributed by atoms with van der Waals surface area (Å²) in [6, 6.07) is 0. The lowest BCUT2D eigenvalue weighted by Gasteiger charge is -2.21. The van der Waals surface area contributed by atoms with Crippen LogP contribution in [0.25, 0.3) is 0 Å². The molecule has 17 heavy (non-hydrogen) atoms. The lowest BCUT2D eigenvalue weighted by atomic mass is 9.86. The largest absolute Gasteiger partial charge is 0.356 e. The number of fused-ring (bicyclic) bond motifs is 2. The first-order chi connectivity index (χ1) is 8.19. The Morgan fingerprint density at radius 1 is 1.29 bits per heavy atom. The van der Waals surface area contributed by atoms with Gasteiger partial charge in [0.15, 0.2) is 0 Å². The summed E-state index contributed by atoms with van der Waals surface area (Å²) < 4.78 is 0. The lowest BCUT2D eigenvalue weighted by Crippen LogP contribution is -2.33. The highest BCUT2D eigenvalue weighted by atomic mass is 16.1. The maximum Gasteiger partial charge on any atom is 0.220 e. The van der Waals surface area contributed by atoms with Crippen LogP contribution in [0.1, 0.15) is 39.0 Å². The summed E-state index contributed by atoms with van der Waals surface area (Å²) >= 11 is 0. The Bertz CT molecular complexity index is 267. The van der Waals surface area contributed by atoms with Crippen molar-refractivity contribution in [1.82, 2.24) is 10.6 Å². The van der Waals surface area contributed by atoms with E-state index < -0.39 is 0 Å². The topological polar surface area (TPSA) is 41.1 Å². The minimum absolute atomic E-state index is 0.269. The van der Waals surface area contributed by atoms with Crippen LogP contribution in [0.4, 0.5) is 0 Å². The van der Waals surface area contributed by atoms with Crippen molar-refractivity contribution in [2.45, 2.75) is 39.0 Å². The van der Waals surface area contributed by atoms with Crippen LogP contribution in [0, 0.1) is 23.7 Å². The third kappa shape index (κ3) is 3.44. The number of amides is 1. The number of hydrogen-bond donors (Lipinski definition) is 2. The summed E-state index contributed by atoms with van der Waals surface area (Å²) in [5.41, 5.74) is 0. The molecule has 2 fully saturated rings. The second kappa shape index (κ2) is 5.85. The Morgan fingerprint density at radius 2 is 2.12 bits per heavy atom. The summed E-state index contributed by atoms with van der Waals surface area (Å²) in [5.74, 6) is 3.28. The molecule has 2 aliphatic rings. The van der Waals surface area contributed by atoms with Crippen molar-refractivity contribution in [3.63, 3.8) is 0 Å².